The highest BCUT2D eigenvalue weighted by Gasteiger charge is 2.24. The Morgan fingerprint density at radius 2 is 2.00 bits per heavy atom. The van der Waals surface area contributed by atoms with Crippen LogP contribution in [0.2, 0.25) is 0 Å². The van der Waals surface area contributed by atoms with Crippen molar-refractivity contribution in [2.24, 2.45) is 11.7 Å². The summed E-state index contributed by atoms with van der Waals surface area (Å²) in [6.45, 7) is 5.85. The van der Waals surface area contributed by atoms with Crippen molar-refractivity contribution in [1.82, 2.24) is 4.90 Å². The van der Waals surface area contributed by atoms with Crippen LogP contribution in [0.4, 0.5) is 5.69 Å². The van der Waals surface area contributed by atoms with Gasteiger partial charge in [0.1, 0.15) is 0 Å². The van der Waals surface area contributed by atoms with Crippen molar-refractivity contribution in [2.45, 2.75) is 39.3 Å². The molecule has 2 N–H and O–H groups in total. The molecule has 0 radical (unpaired) electrons. The Morgan fingerprint density at radius 3 is 2.52 bits per heavy atom. The number of likely N-dealkylation sites (N-methyl/N-ethyl adjacent to an activating group) is 1. The topological polar surface area (TPSA) is 89.5 Å². The molecule has 1 rings (SSSR count). The summed E-state index contributed by atoms with van der Waals surface area (Å²) in [4.78, 5) is 24.2. The van der Waals surface area contributed by atoms with E-state index in [0.29, 0.717) is 12.3 Å². The van der Waals surface area contributed by atoms with Crippen LogP contribution < -0.4 is 5.73 Å². The normalized spacial score (nSPS) is 13.8. The third kappa shape index (κ3) is 4.53. The van der Waals surface area contributed by atoms with Crippen molar-refractivity contribution >= 4 is 11.6 Å². The molecule has 0 spiro atoms. The maximum atomic E-state index is 12.3. The van der Waals surface area contributed by atoms with E-state index in [4.69, 9.17) is 5.73 Å². The van der Waals surface area contributed by atoms with Gasteiger partial charge in [-0.25, -0.2) is 0 Å². The number of nitrogens with two attached hydrogens (primary N) is 1. The molecule has 2 atom stereocenters. The number of benzene rings is 1. The van der Waals surface area contributed by atoms with E-state index in [9.17, 15) is 14.9 Å². The maximum Gasteiger partial charge on any atom is 0.269 e. The minimum atomic E-state index is -0.545. The molecule has 0 aliphatic carbocycles. The number of amides is 1. The molecule has 1 aromatic rings. The van der Waals surface area contributed by atoms with E-state index >= 15 is 0 Å². The maximum absolute atomic E-state index is 12.3. The second-order valence-electron chi connectivity index (χ2n) is 5.71. The highest BCUT2D eigenvalue weighted by atomic mass is 16.6. The molecule has 0 bridgehead atoms. The average Bonchev–Trinajstić information content (AvgIpc) is 2.44. The van der Waals surface area contributed by atoms with Gasteiger partial charge in [-0.1, -0.05) is 26.0 Å². The second-order valence-corrected chi connectivity index (χ2v) is 5.71. The zero-order valence-corrected chi connectivity index (χ0v) is 12.9. The first-order valence-corrected chi connectivity index (χ1v) is 7.00. The molecule has 1 amide bonds. The molecule has 1 aromatic carbocycles. The number of carbonyl (C=O) groups is 1. The summed E-state index contributed by atoms with van der Waals surface area (Å²) in [5, 5.41) is 10.8. The summed E-state index contributed by atoms with van der Waals surface area (Å²) in [6.07, 6.45) is 0.616. The average molecular weight is 293 g/mol. The fourth-order valence-electron chi connectivity index (χ4n) is 2.18. The highest BCUT2D eigenvalue weighted by Crippen LogP contribution is 2.23. The number of hydrogen-bond donors (Lipinski definition) is 1. The molecule has 21 heavy (non-hydrogen) atoms. The lowest BCUT2D eigenvalue weighted by Crippen LogP contribution is -2.43. The van der Waals surface area contributed by atoms with Crippen LogP contribution >= 0.6 is 0 Å². The molecule has 0 aliphatic rings. The monoisotopic (exact) mass is 293 g/mol. The first-order valence-electron chi connectivity index (χ1n) is 7.00. The SMILES string of the molecule is CC(C)C[C@H](N)C(=O)N(C)C(C)c1cccc([N+](=O)[O-])c1. The largest absolute Gasteiger partial charge is 0.338 e. The molecule has 6 nitrogen and oxygen atoms in total. The Labute approximate surface area is 125 Å². The highest BCUT2D eigenvalue weighted by molar-refractivity contribution is 5.81. The van der Waals surface area contributed by atoms with Gasteiger partial charge in [0.25, 0.3) is 5.69 Å². The Balaban J connectivity index is 2.87. The lowest BCUT2D eigenvalue weighted by atomic mass is 10.0. The van der Waals surface area contributed by atoms with Gasteiger partial charge < -0.3 is 10.6 Å². The summed E-state index contributed by atoms with van der Waals surface area (Å²) in [6, 6.07) is 5.50. The van der Waals surface area contributed by atoms with Crippen molar-refractivity contribution in [3.63, 3.8) is 0 Å². The van der Waals surface area contributed by atoms with Gasteiger partial charge >= 0.3 is 0 Å². The van der Waals surface area contributed by atoms with Crippen molar-refractivity contribution in [3.05, 3.63) is 39.9 Å². The number of carbonyl (C=O) groups excluding carboxylic acids is 1. The number of non-ortho nitro benzene ring substituents is 1. The smallest absolute Gasteiger partial charge is 0.269 e. The molecule has 116 valence electrons. The van der Waals surface area contributed by atoms with Crippen molar-refractivity contribution in [3.8, 4) is 0 Å². The van der Waals surface area contributed by atoms with E-state index in [2.05, 4.69) is 0 Å². The Hall–Kier alpha value is -1.95. The fourth-order valence-corrected chi connectivity index (χ4v) is 2.18. The van der Waals surface area contributed by atoms with Crippen LogP contribution in [0.5, 0.6) is 0 Å². The van der Waals surface area contributed by atoms with Gasteiger partial charge in [-0.15, -0.1) is 0 Å². The zero-order valence-electron chi connectivity index (χ0n) is 12.9. The fraction of sp³-hybridized carbons (Fsp3) is 0.533. The van der Waals surface area contributed by atoms with Gasteiger partial charge in [0.15, 0.2) is 0 Å². The number of nitro groups is 1. The summed E-state index contributed by atoms with van der Waals surface area (Å²) < 4.78 is 0. The number of hydrogen-bond acceptors (Lipinski definition) is 4. The van der Waals surface area contributed by atoms with Crippen LogP contribution in [0, 0.1) is 16.0 Å². The van der Waals surface area contributed by atoms with Crippen LogP contribution in [0.25, 0.3) is 0 Å². The molecule has 0 aliphatic heterocycles. The van der Waals surface area contributed by atoms with Crippen molar-refractivity contribution in [2.75, 3.05) is 7.05 Å². The van der Waals surface area contributed by atoms with Crippen molar-refractivity contribution in [1.29, 1.82) is 0 Å². The lowest BCUT2D eigenvalue weighted by Gasteiger charge is -2.28. The van der Waals surface area contributed by atoms with Gasteiger partial charge in [-0.2, -0.15) is 0 Å². The van der Waals surface area contributed by atoms with Crippen LogP contribution in [-0.2, 0) is 4.79 Å². The standard InChI is InChI=1S/C15H23N3O3/c1-10(2)8-14(16)15(19)17(4)11(3)12-6-5-7-13(9-12)18(20)21/h5-7,9-11,14H,8,16H2,1-4H3/t11?,14-/m0/s1. The number of nitro benzene ring substituents is 1. The quantitative estimate of drug-likeness (QED) is 0.644. The molecule has 1 unspecified atom stereocenters. The van der Waals surface area contributed by atoms with Crippen LogP contribution in [0.15, 0.2) is 24.3 Å². The first-order chi connectivity index (χ1) is 9.73. The van der Waals surface area contributed by atoms with Crippen molar-refractivity contribution < 1.29 is 9.72 Å². The molecule has 0 saturated heterocycles. The third-order valence-corrected chi connectivity index (χ3v) is 3.53. The summed E-state index contributed by atoms with van der Waals surface area (Å²) in [5.74, 6) is 0.188. The van der Waals surface area contributed by atoms with E-state index < -0.39 is 11.0 Å². The minimum absolute atomic E-state index is 0.0201. The molecule has 0 fully saturated rings. The van der Waals surface area contributed by atoms with Gasteiger partial charge in [-0.05, 0) is 24.8 Å². The van der Waals surface area contributed by atoms with E-state index in [1.54, 1.807) is 24.1 Å². The van der Waals surface area contributed by atoms with E-state index in [-0.39, 0.29) is 17.6 Å². The van der Waals surface area contributed by atoms with Gasteiger partial charge in [-0.3, -0.25) is 14.9 Å². The summed E-state index contributed by atoms with van der Waals surface area (Å²) >= 11 is 0. The van der Waals surface area contributed by atoms with Gasteiger partial charge in [0.2, 0.25) is 5.91 Å². The van der Waals surface area contributed by atoms with E-state index in [0.717, 1.165) is 5.56 Å². The Morgan fingerprint density at radius 1 is 1.38 bits per heavy atom. The van der Waals surface area contributed by atoms with Crippen LogP contribution in [0.1, 0.15) is 38.8 Å². The predicted molar refractivity (Wildman–Crippen MR) is 81.7 cm³/mol. The number of nitrogens with zero attached hydrogens (tertiary/aromatic N) is 2. The summed E-state index contributed by atoms with van der Waals surface area (Å²) in [5.41, 5.74) is 6.65. The summed E-state index contributed by atoms with van der Waals surface area (Å²) in [7, 11) is 1.67. The van der Waals surface area contributed by atoms with E-state index in [1.165, 1.54) is 12.1 Å². The second kappa shape index (κ2) is 7.17. The lowest BCUT2D eigenvalue weighted by molar-refractivity contribution is -0.384. The molecular weight excluding hydrogens is 270 g/mol. The molecule has 0 aromatic heterocycles. The Kier molecular flexibility index (Phi) is 5.84. The molecular formula is C15H23N3O3. The molecule has 0 heterocycles. The van der Waals surface area contributed by atoms with Crippen LogP contribution in [0.3, 0.4) is 0 Å². The van der Waals surface area contributed by atoms with E-state index in [1.807, 2.05) is 20.8 Å². The molecule has 6 heteroatoms. The minimum Gasteiger partial charge on any atom is -0.338 e. The third-order valence-electron chi connectivity index (χ3n) is 3.53. The molecule has 0 saturated carbocycles. The predicted octanol–water partition coefficient (Wildman–Crippen LogP) is 2.49. The first kappa shape index (κ1) is 17.1. The Bertz CT molecular complexity index is 517. The van der Waals surface area contributed by atoms with Gasteiger partial charge in [0, 0.05) is 19.2 Å². The van der Waals surface area contributed by atoms with Crippen LogP contribution in [-0.4, -0.2) is 28.8 Å². The van der Waals surface area contributed by atoms with Gasteiger partial charge in [0.05, 0.1) is 17.0 Å². The number of rotatable bonds is 6. The zero-order chi connectivity index (χ0) is 16.2.